The van der Waals surface area contributed by atoms with Gasteiger partial charge in [-0.25, -0.2) is 9.79 Å². The highest BCUT2D eigenvalue weighted by molar-refractivity contribution is 5.84. The second-order valence-electron chi connectivity index (χ2n) is 1.42. The van der Waals surface area contributed by atoms with Crippen LogP contribution in [0.1, 0.15) is 0 Å². The summed E-state index contributed by atoms with van der Waals surface area (Å²) in [6, 6.07) is -0.580. The highest BCUT2D eigenvalue weighted by Crippen LogP contribution is 1.84. The van der Waals surface area contributed by atoms with Gasteiger partial charge in [0.1, 0.15) is 6.34 Å². The summed E-state index contributed by atoms with van der Waals surface area (Å²) in [5.41, 5.74) is 7.41. The monoisotopic (exact) mass is 126 g/mol. The molecule has 0 radical (unpaired) electrons. The first-order chi connectivity index (χ1) is 4.30. The molecule has 1 heterocycles. The lowest BCUT2D eigenvalue weighted by Crippen LogP contribution is -2.43. The van der Waals surface area contributed by atoms with Gasteiger partial charge in [-0.3, -0.25) is 5.43 Å². The summed E-state index contributed by atoms with van der Waals surface area (Å²) in [6.45, 7) is 0. The van der Waals surface area contributed by atoms with Crippen LogP contribution in [0.25, 0.3) is 0 Å². The average Bonchev–Trinajstić information content (AvgIpc) is 1.90. The number of primary amides is 1. The molecule has 0 aromatic heterocycles. The van der Waals surface area contributed by atoms with Crippen molar-refractivity contribution >= 4 is 12.4 Å². The molecule has 5 heteroatoms. The number of hydrazine groups is 1. The molecule has 1 aliphatic rings. The molecule has 2 amide bonds. The van der Waals surface area contributed by atoms with Crippen LogP contribution in [0.15, 0.2) is 17.4 Å². The van der Waals surface area contributed by atoms with Gasteiger partial charge in [0.2, 0.25) is 0 Å². The zero-order valence-electron chi connectivity index (χ0n) is 4.61. The molecule has 0 spiro atoms. The summed E-state index contributed by atoms with van der Waals surface area (Å²) in [4.78, 5) is 14.0. The maximum atomic E-state index is 10.3. The van der Waals surface area contributed by atoms with Crippen LogP contribution in [0.4, 0.5) is 4.79 Å². The summed E-state index contributed by atoms with van der Waals surface area (Å²) in [6.07, 6.45) is 4.31. The van der Waals surface area contributed by atoms with Crippen LogP contribution in [-0.2, 0) is 0 Å². The van der Waals surface area contributed by atoms with Crippen molar-refractivity contribution in [3.05, 3.63) is 12.4 Å². The van der Waals surface area contributed by atoms with E-state index in [9.17, 15) is 4.79 Å². The molecule has 1 rings (SSSR count). The van der Waals surface area contributed by atoms with Crippen LogP contribution in [0.3, 0.4) is 0 Å². The number of nitrogens with one attached hydrogen (secondary N) is 1. The Morgan fingerprint density at radius 3 is 2.89 bits per heavy atom. The van der Waals surface area contributed by atoms with Crippen molar-refractivity contribution in [3.63, 3.8) is 0 Å². The number of carbonyl (C=O) groups excluding carboxylic acids is 1. The molecular weight excluding hydrogens is 120 g/mol. The largest absolute Gasteiger partial charge is 0.350 e. The lowest BCUT2D eigenvalue weighted by atomic mass is 10.8. The second-order valence-corrected chi connectivity index (χ2v) is 1.42. The van der Waals surface area contributed by atoms with Gasteiger partial charge in [0.15, 0.2) is 0 Å². The normalized spacial score (nSPS) is 15.3. The van der Waals surface area contributed by atoms with Gasteiger partial charge in [0, 0.05) is 12.4 Å². The Kier molecular flexibility index (Phi) is 1.35. The first-order valence-corrected chi connectivity index (χ1v) is 2.34. The molecule has 0 saturated carbocycles. The summed E-state index contributed by atoms with van der Waals surface area (Å²) in [7, 11) is 0. The summed E-state index contributed by atoms with van der Waals surface area (Å²) in [5, 5.41) is 1.07. The Morgan fingerprint density at radius 1 is 1.78 bits per heavy atom. The van der Waals surface area contributed by atoms with E-state index < -0.39 is 6.03 Å². The molecule has 0 fully saturated rings. The van der Waals surface area contributed by atoms with E-state index in [-0.39, 0.29) is 0 Å². The fourth-order valence-corrected chi connectivity index (χ4v) is 0.416. The number of amides is 2. The van der Waals surface area contributed by atoms with Crippen molar-refractivity contribution in [2.75, 3.05) is 0 Å². The van der Waals surface area contributed by atoms with E-state index in [0.717, 1.165) is 5.01 Å². The van der Waals surface area contributed by atoms with E-state index in [2.05, 4.69) is 10.4 Å². The Morgan fingerprint density at radius 2 is 2.56 bits per heavy atom. The van der Waals surface area contributed by atoms with Gasteiger partial charge in [0.25, 0.3) is 0 Å². The predicted octanol–water partition coefficient (Wildman–Crippen LogP) is -0.615. The topological polar surface area (TPSA) is 70.7 Å². The van der Waals surface area contributed by atoms with Gasteiger partial charge < -0.3 is 5.73 Å². The average molecular weight is 126 g/mol. The molecule has 1 aliphatic heterocycles. The lowest BCUT2D eigenvalue weighted by molar-refractivity contribution is 0.223. The van der Waals surface area contributed by atoms with E-state index >= 15 is 0 Å². The van der Waals surface area contributed by atoms with Crippen LogP contribution >= 0.6 is 0 Å². The van der Waals surface area contributed by atoms with Crippen molar-refractivity contribution in [2.24, 2.45) is 10.7 Å². The molecule has 9 heavy (non-hydrogen) atoms. The van der Waals surface area contributed by atoms with Gasteiger partial charge in [-0.2, -0.15) is 5.01 Å². The third kappa shape index (κ3) is 1.18. The van der Waals surface area contributed by atoms with Crippen LogP contribution in [-0.4, -0.2) is 17.4 Å². The highest BCUT2D eigenvalue weighted by atomic mass is 16.2. The van der Waals surface area contributed by atoms with Crippen LogP contribution in [0.5, 0.6) is 0 Å². The van der Waals surface area contributed by atoms with E-state index in [1.165, 1.54) is 18.7 Å². The first-order valence-electron chi connectivity index (χ1n) is 2.34. The number of urea groups is 1. The Labute approximate surface area is 51.8 Å². The Bertz CT molecular complexity index is 173. The highest BCUT2D eigenvalue weighted by Gasteiger charge is 2.03. The summed E-state index contributed by atoms with van der Waals surface area (Å²) >= 11 is 0. The van der Waals surface area contributed by atoms with Crippen LogP contribution < -0.4 is 11.2 Å². The fraction of sp³-hybridized carbons (Fsp3) is 0. The maximum absolute atomic E-state index is 10.3. The quantitative estimate of drug-likeness (QED) is 0.454. The predicted molar refractivity (Wildman–Crippen MR) is 32.2 cm³/mol. The molecule has 0 aromatic rings. The van der Waals surface area contributed by atoms with Crippen LogP contribution in [0.2, 0.25) is 0 Å². The summed E-state index contributed by atoms with van der Waals surface area (Å²) in [5.74, 6) is 0. The van der Waals surface area contributed by atoms with E-state index in [1.807, 2.05) is 0 Å². The number of nitrogens with two attached hydrogens (primary N) is 1. The Balaban J connectivity index is 2.56. The van der Waals surface area contributed by atoms with Crippen molar-refractivity contribution in [1.29, 1.82) is 0 Å². The van der Waals surface area contributed by atoms with Crippen molar-refractivity contribution < 1.29 is 4.79 Å². The van der Waals surface area contributed by atoms with Gasteiger partial charge in [-0.05, 0) is 0 Å². The van der Waals surface area contributed by atoms with Gasteiger partial charge in [-0.15, -0.1) is 0 Å². The molecule has 5 nitrogen and oxygen atoms in total. The molecule has 0 aromatic carbocycles. The van der Waals surface area contributed by atoms with Crippen LogP contribution in [0, 0.1) is 0 Å². The molecule has 0 atom stereocenters. The van der Waals surface area contributed by atoms with Crippen molar-refractivity contribution in [3.8, 4) is 0 Å². The minimum absolute atomic E-state index is 0.580. The van der Waals surface area contributed by atoms with Gasteiger partial charge >= 0.3 is 6.03 Å². The zero-order valence-corrected chi connectivity index (χ0v) is 4.61. The third-order valence-corrected chi connectivity index (χ3v) is 0.794. The number of hydrogen-bond donors (Lipinski definition) is 2. The Hall–Kier alpha value is -1.52. The van der Waals surface area contributed by atoms with Gasteiger partial charge in [0.05, 0.1) is 0 Å². The molecule has 0 bridgehead atoms. The first kappa shape index (κ1) is 5.61. The smallest absolute Gasteiger partial charge is 0.339 e. The van der Waals surface area contributed by atoms with Gasteiger partial charge in [-0.1, -0.05) is 0 Å². The second kappa shape index (κ2) is 2.17. The third-order valence-electron chi connectivity index (χ3n) is 0.794. The number of carbonyl (C=O) groups is 1. The number of nitrogens with zero attached hydrogens (tertiary/aromatic N) is 2. The number of aliphatic imine (C=N–C) groups is 1. The minimum atomic E-state index is -0.580. The standard InChI is InChI=1S/C4H6N4O/c5-4(9)8-3-6-1-2-7-8/h1-3,7H,(H2,5,9). The molecule has 3 N–H and O–H groups in total. The SMILES string of the molecule is NC(=O)N1C=NC=CN1. The lowest BCUT2D eigenvalue weighted by Gasteiger charge is -2.15. The minimum Gasteiger partial charge on any atom is -0.350 e. The van der Waals surface area contributed by atoms with E-state index in [4.69, 9.17) is 5.73 Å². The number of hydrogen-bond acceptors (Lipinski definition) is 3. The molecular formula is C4H6N4O. The molecule has 0 saturated heterocycles. The molecule has 48 valence electrons. The number of rotatable bonds is 0. The van der Waals surface area contributed by atoms with E-state index in [0.29, 0.717) is 0 Å². The maximum Gasteiger partial charge on any atom is 0.339 e. The molecule has 0 unspecified atom stereocenters. The van der Waals surface area contributed by atoms with E-state index in [1.54, 1.807) is 0 Å². The summed E-state index contributed by atoms with van der Waals surface area (Å²) < 4.78 is 0. The molecule has 0 aliphatic carbocycles. The van der Waals surface area contributed by atoms with Crippen molar-refractivity contribution in [2.45, 2.75) is 0 Å². The van der Waals surface area contributed by atoms with Crippen molar-refractivity contribution in [1.82, 2.24) is 10.4 Å². The zero-order chi connectivity index (χ0) is 6.69. The fourth-order valence-electron chi connectivity index (χ4n) is 0.416.